The van der Waals surface area contributed by atoms with Gasteiger partial charge in [-0.25, -0.2) is 9.59 Å². The van der Waals surface area contributed by atoms with Gasteiger partial charge in [-0.05, 0) is 80.3 Å². The lowest BCUT2D eigenvalue weighted by molar-refractivity contribution is 0.0242. The summed E-state index contributed by atoms with van der Waals surface area (Å²) in [7, 11) is 0. The van der Waals surface area contributed by atoms with Gasteiger partial charge in [-0.15, -0.1) is 0 Å². The molecule has 0 unspecified atom stereocenters. The zero-order valence-corrected chi connectivity index (χ0v) is 17.6. The molecule has 0 radical (unpaired) electrons. The van der Waals surface area contributed by atoms with E-state index in [1.807, 2.05) is 27.7 Å². The summed E-state index contributed by atoms with van der Waals surface area (Å²) in [5, 5.41) is 29.9. The van der Waals surface area contributed by atoms with Crippen LogP contribution in [-0.4, -0.2) is 27.3 Å². The summed E-state index contributed by atoms with van der Waals surface area (Å²) in [6, 6.07) is 11.0. The number of carboxylic acids is 1. The largest absolute Gasteiger partial charge is 0.508 e. The molecule has 3 aromatic carbocycles. The van der Waals surface area contributed by atoms with Gasteiger partial charge in [-0.3, -0.25) is 0 Å². The number of cyclic esters (lactones) is 1. The molecule has 1 aliphatic rings. The Kier molecular flexibility index (Phi) is 4.54. The molecule has 1 aliphatic heterocycles. The minimum absolute atomic E-state index is 0.00810. The summed E-state index contributed by atoms with van der Waals surface area (Å²) in [6.45, 7) is 7.23. The summed E-state index contributed by atoms with van der Waals surface area (Å²) in [5.74, 6) is -1.79. The molecule has 0 amide bonds. The van der Waals surface area contributed by atoms with E-state index in [-0.39, 0.29) is 22.6 Å². The summed E-state index contributed by atoms with van der Waals surface area (Å²) in [4.78, 5) is 25.0. The fourth-order valence-electron chi connectivity index (χ4n) is 4.98. The first-order valence-corrected chi connectivity index (χ1v) is 9.79. The number of fused-ring (bicyclic) bond motifs is 1. The van der Waals surface area contributed by atoms with Crippen LogP contribution in [0.1, 0.15) is 59.7 Å². The highest BCUT2D eigenvalue weighted by molar-refractivity contribution is 6.06. The average Bonchev–Trinajstić information content (AvgIpc) is 2.93. The maximum Gasteiger partial charge on any atom is 0.341 e. The van der Waals surface area contributed by atoms with Crippen molar-refractivity contribution in [2.24, 2.45) is 0 Å². The van der Waals surface area contributed by atoms with Crippen LogP contribution in [0.15, 0.2) is 42.5 Å². The maximum atomic E-state index is 13.1. The molecular weight excluding hydrogens is 396 g/mol. The Bertz CT molecular complexity index is 1170. The van der Waals surface area contributed by atoms with E-state index >= 15 is 0 Å². The van der Waals surface area contributed by atoms with Crippen molar-refractivity contribution in [2.75, 3.05) is 0 Å². The highest BCUT2D eigenvalue weighted by Crippen LogP contribution is 2.52. The number of carbonyl (C=O) groups is 2. The van der Waals surface area contributed by atoms with E-state index < -0.39 is 17.5 Å². The van der Waals surface area contributed by atoms with Crippen molar-refractivity contribution in [3.05, 3.63) is 92.5 Å². The molecule has 3 N–H and O–H groups in total. The van der Waals surface area contributed by atoms with Crippen molar-refractivity contribution in [1.29, 1.82) is 0 Å². The van der Waals surface area contributed by atoms with E-state index in [4.69, 9.17) is 4.74 Å². The third-order valence-electron chi connectivity index (χ3n) is 5.86. The minimum Gasteiger partial charge on any atom is -0.508 e. The van der Waals surface area contributed by atoms with Crippen molar-refractivity contribution in [1.82, 2.24) is 0 Å². The van der Waals surface area contributed by atoms with E-state index in [1.165, 1.54) is 6.07 Å². The lowest BCUT2D eigenvalue weighted by Gasteiger charge is -2.35. The predicted octanol–water partition coefficient (Wildman–Crippen LogP) is 4.49. The Hall–Kier alpha value is -3.80. The number of benzene rings is 3. The molecule has 0 fully saturated rings. The first-order chi connectivity index (χ1) is 14.6. The number of aromatic carboxylic acids is 1. The predicted molar refractivity (Wildman–Crippen MR) is 114 cm³/mol. The number of ether oxygens (including phenoxy) is 1. The molecule has 6 heteroatoms. The Labute approximate surface area is 179 Å². The van der Waals surface area contributed by atoms with Crippen LogP contribution in [-0.2, 0) is 10.3 Å². The van der Waals surface area contributed by atoms with Crippen molar-refractivity contribution < 1.29 is 29.6 Å². The number of phenolic OH excluding ortho intramolecular Hbond substituents is 2. The number of esters is 1. The number of aryl methyl sites for hydroxylation is 4. The van der Waals surface area contributed by atoms with Gasteiger partial charge in [0.25, 0.3) is 0 Å². The van der Waals surface area contributed by atoms with Gasteiger partial charge in [-0.2, -0.15) is 0 Å². The number of hydrogen-bond donors (Lipinski definition) is 3. The van der Waals surface area contributed by atoms with Crippen LogP contribution in [0, 0.1) is 27.7 Å². The quantitative estimate of drug-likeness (QED) is 0.542. The van der Waals surface area contributed by atoms with Gasteiger partial charge in [0.15, 0.2) is 5.60 Å². The fourth-order valence-corrected chi connectivity index (χ4v) is 4.98. The standard InChI is InChI=1S/C25H22O6/c1-12-8-16(26)9-13(2)21(12)25(22-14(3)10-17(27)11-15(22)4)19-7-5-6-18(23(28)29)20(19)24(30)31-25/h5-11,26-27H,1-4H3,(H,28,29). The van der Waals surface area contributed by atoms with Crippen molar-refractivity contribution in [2.45, 2.75) is 33.3 Å². The van der Waals surface area contributed by atoms with E-state index in [9.17, 15) is 24.9 Å². The Morgan fingerprint density at radius 3 is 1.71 bits per heavy atom. The lowest BCUT2D eigenvalue weighted by Crippen LogP contribution is -2.33. The Morgan fingerprint density at radius 1 is 0.839 bits per heavy atom. The molecule has 0 atom stereocenters. The van der Waals surface area contributed by atoms with Crippen LogP contribution in [0.5, 0.6) is 11.5 Å². The van der Waals surface area contributed by atoms with Gasteiger partial charge >= 0.3 is 11.9 Å². The maximum absolute atomic E-state index is 13.1. The Balaban J connectivity index is 2.23. The van der Waals surface area contributed by atoms with Crippen molar-refractivity contribution >= 4 is 11.9 Å². The molecule has 158 valence electrons. The number of rotatable bonds is 3. The second kappa shape index (κ2) is 6.87. The first kappa shape index (κ1) is 20.5. The van der Waals surface area contributed by atoms with E-state index in [1.54, 1.807) is 36.4 Å². The number of carbonyl (C=O) groups excluding carboxylic acids is 1. The number of hydrogen-bond acceptors (Lipinski definition) is 5. The SMILES string of the molecule is Cc1cc(O)cc(C)c1C1(c2c(C)cc(O)cc2C)OC(=O)c2c(C(=O)O)cccc21. The fraction of sp³-hybridized carbons (Fsp3) is 0.200. The molecule has 0 saturated heterocycles. The van der Waals surface area contributed by atoms with Crippen LogP contribution in [0.4, 0.5) is 0 Å². The van der Waals surface area contributed by atoms with Crippen LogP contribution in [0.25, 0.3) is 0 Å². The lowest BCUT2D eigenvalue weighted by atomic mass is 9.73. The second-order valence-corrected chi connectivity index (χ2v) is 8.01. The molecule has 0 aliphatic carbocycles. The summed E-state index contributed by atoms with van der Waals surface area (Å²) in [5.41, 5.74) is 2.91. The van der Waals surface area contributed by atoms with Crippen LogP contribution >= 0.6 is 0 Å². The third-order valence-corrected chi connectivity index (χ3v) is 5.86. The molecule has 31 heavy (non-hydrogen) atoms. The van der Waals surface area contributed by atoms with Crippen molar-refractivity contribution in [3.63, 3.8) is 0 Å². The topological polar surface area (TPSA) is 104 Å². The first-order valence-electron chi connectivity index (χ1n) is 9.79. The number of aromatic hydroxyl groups is 2. The van der Waals surface area contributed by atoms with E-state index in [0.717, 1.165) is 0 Å². The third kappa shape index (κ3) is 2.86. The van der Waals surface area contributed by atoms with Gasteiger partial charge in [0, 0.05) is 16.7 Å². The smallest absolute Gasteiger partial charge is 0.341 e. The molecule has 0 aromatic heterocycles. The van der Waals surface area contributed by atoms with Gasteiger partial charge in [0.05, 0.1) is 11.1 Å². The van der Waals surface area contributed by atoms with Crippen LogP contribution in [0.3, 0.4) is 0 Å². The Morgan fingerprint density at radius 2 is 1.29 bits per heavy atom. The molecule has 6 nitrogen and oxygen atoms in total. The molecule has 0 bridgehead atoms. The van der Waals surface area contributed by atoms with Crippen molar-refractivity contribution in [3.8, 4) is 11.5 Å². The summed E-state index contributed by atoms with van der Waals surface area (Å²) < 4.78 is 6.12. The zero-order chi connectivity index (χ0) is 22.7. The molecule has 3 aromatic rings. The van der Waals surface area contributed by atoms with E-state index in [0.29, 0.717) is 38.9 Å². The van der Waals surface area contributed by atoms with Gasteiger partial charge in [0.1, 0.15) is 11.5 Å². The van der Waals surface area contributed by atoms with Crippen LogP contribution < -0.4 is 0 Å². The monoisotopic (exact) mass is 418 g/mol. The molecule has 0 spiro atoms. The average molecular weight is 418 g/mol. The van der Waals surface area contributed by atoms with E-state index in [2.05, 4.69) is 0 Å². The van der Waals surface area contributed by atoms with Gasteiger partial charge in [0.2, 0.25) is 0 Å². The molecular formula is C25H22O6. The highest BCUT2D eigenvalue weighted by atomic mass is 16.6. The molecule has 1 heterocycles. The summed E-state index contributed by atoms with van der Waals surface area (Å²) in [6.07, 6.45) is 0. The summed E-state index contributed by atoms with van der Waals surface area (Å²) >= 11 is 0. The molecule has 0 saturated carbocycles. The van der Waals surface area contributed by atoms with Gasteiger partial charge < -0.3 is 20.1 Å². The minimum atomic E-state index is -1.43. The number of carboxylic acid groups (broad SMARTS) is 1. The van der Waals surface area contributed by atoms with Crippen LogP contribution in [0.2, 0.25) is 0 Å². The highest BCUT2D eigenvalue weighted by Gasteiger charge is 2.52. The number of phenols is 2. The molecule has 4 rings (SSSR count). The normalized spacial score (nSPS) is 14.3. The second-order valence-electron chi connectivity index (χ2n) is 8.01. The zero-order valence-electron chi connectivity index (χ0n) is 17.6. The van der Waals surface area contributed by atoms with Gasteiger partial charge in [-0.1, -0.05) is 12.1 Å².